The van der Waals surface area contributed by atoms with Crippen LogP contribution in [0.15, 0.2) is 49.4 Å². The number of hydrogen-bond acceptors (Lipinski definition) is 2. The maximum Gasteiger partial charge on any atom is 0.132 e. The third-order valence-corrected chi connectivity index (χ3v) is 2.89. The van der Waals surface area contributed by atoms with Crippen molar-refractivity contribution in [3.63, 3.8) is 0 Å². The summed E-state index contributed by atoms with van der Waals surface area (Å²) >= 11 is 0. The van der Waals surface area contributed by atoms with E-state index in [-0.39, 0.29) is 0 Å². The van der Waals surface area contributed by atoms with E-state index >= 15 is 0 Å². The van der Waals surface area contributed by atoms with Crippen LogP contribution in [0, 0.1) is 0 Å². The normalized spacial score (nSPS) is 18.7. The second kappa shape index (κ2) is 9.46. The van der Waals surface area contributed by atoms with Crippen molar-refractivity contribution in [2.45, 2.75) is 38.5 Å². The summed E-state index contributed by atoms with van der Waals surface area (Å²) in [5.74, 6) is 0.475. The van der Waals surface area contributed by atoms with Gasteiger partial charge in [-0.15, -0.1) is 6.58 Å². The van der Waals surface area contributed by atoms with Gasteiger partial charge in [-0.3, -0.25) is 4.79 Å². The molecule has 1 aliphatic carbocycles. The van der Waals surface area contributed by atoms with Crippen LogP contribution in [-0.2, 0) is 4.79 Å². The van der Waals surface area contributed by atoms with Crippen LogP contribution in [0.1, 0.15) is 38.5 Å². The van der Waals surface area contributed by atoms with E-state index in [0.29, 0.717) is 5.78 Å². The summed E-state index contributed by atoms with van der Waals surface area (Å²) in [6.45, 7) is 4.53. The van der Waals surface area contributed by atoms with Crippen LogP contribution in [0.5, 0.6) is 0 Å². The average molecular weight is 245 g/mol. The molecule has 0 N–H and O–H groups in total. The van der Waals surface area contributed by atoms with Gasteiger partial charge in [0.1, 0.15) is 5.78 Å². The third-order valence-electron chi connectivity index (χ3n) is 2.89. The van der Waals surface area contributed by atoms with Crippen molar-refractivity contribution >= 4 is 5.78 Å². The zero-order valence-electron chi connectivity index (χ0n) is 11.1. The van der Waals surface area contributed by atoms with E-state index in [2.05, 4.69) is 11.5 Å². The van der Waals surface area contributed by atoms with Gasteiger partial charge in [-0.25, -0.2) is 0 Å². The Morgan fingerprint density at radius 3 is 2.06 bits per heavy atom. The number of carbonyl (C=O) groups is 1. The molecule has 1 saturated carbocycles. The zero-order valence-corrected chi connectivity index (χ0v) is 11.1. The molecule has 18 heavy (non-hydrogen) atoms. The second-order valence-corrected chi connectivity index (χ2v) is 4.51. The molecule has 1 fully saturated rings. The second-order valence-electron chi connectivity index (χ2n) is 4.51. The van der Waals surface area contributed by atoms with E-state index in [1.54, 1.807) is 0 Å². The largest absolute Gasteiger partial charge is 0.351 e. The van der Waals surface area contributed by atoms with E-state index in [4.69, 9.17) is 0 Å². The highest BCUT2D eigenvalue weighted by molar-refractivity contribution is 5.78. The van der Waals surface area contributed by atoms with Gasteiger partial charge in [-0.05, 0) is 25.0 Å². The highest BCUT2D eigenvalue weighted by Crippen LogP contribution is 2.12. The smallest absolute Gasteiger partial charge is 0.132 e. The summed E-state index contributed by atoms with van der Waals surface area (Å²) in [6.07, 6.45) is 20.4. The number of carbonyl (C=O) groups excluding carboxylic acids is 1. The molecule has 0 bridgehead atoms. The van der Waals surface area contributed by atoms with Crippen molar-refractivity contribution in [1.82, 2.24) is 4.90 Å². The van der Waals surface area contributed by atoms with Crippen molar-refractivity contribution in [2.75, 3.05) is 6.54 Å². The summed E-state index contributed by atoms with van der Waals surface area (Å²) in [6, 6.07) is 0. The molecule has 0 atom stereocenters. The summed E-state index contributed by atoms with van der Waals surface area (Å²) < 4.78 is 0. The Kier molecular flexibility index (Phi) is 7.61. The van der Waals surface area contributed by atoms with Gasteiger partial charge in [-0.1, -0.05) is 31.1 Å². The Bertz CT molecular complexity index is 313. The molecule has 2 nitrogen and oxygen atoms in total. The standard InChI is InChI=1S/C9H11N.C7H12O/c1-2-7-10-8-5-3-4-6-9-10;8-7-5-3-1-2-4-6-7/h2-6,8-9H,1,7H2;1-6H2. The lowest BCUT2D eigenvalue weighted by atomic mass is 10.2. The van der Waals surface area contributed by atoms with Crippen LogP contribution < -0.4 is 0 Å². The molecule has 1 heterocycles. The van der Waals surface area contributed by atoms with Crippen LogP contribution in [0.2, 0.25) is 0 Å². The minimum absolute atomic E-state index is 0.475. The monoisotopic (exact) mass is 245 g/mol. The molecule has 0 saturated heterocycles. The van der Waals surface area contributed by atoms with E-state index < -0.39 is 0 Å². The summed E-state index contributed by atoms with van der Waals surface area (Å²) in [7, 11) is 0. The average Bonchev–Trinajstić information content (AvgIpc) is 2.75. The molecule has 98 valence electrons. The van der Waals surface area contributed by atoms with Crippen LogP contribution in [0.4, 0.5) is 0 Å². The molecule has 0 aromatic rings. The first kappa shape index (κ1) is 14.5. The Morgan fingerprint density at radius 2 is 1.56 bits per heavy atom. The fourth-order valence-corrected chi connectivity index (χ4v) is 1.89. The first-order valence-corrected chi connectivity index (χ1v) is 6.73. The molecule has 0 unspecified atom stereocenters. The number of ketones is 1. The number of hydrogen-bond donors (Lipinski definition) is 0. The molecule has 0 amide bonds. The molecular weight excluding hydrogens is 222 g/mol. The Hall–Kier alpha value is -1.57. The SMILES string of the molecule is C=CCN1C=CC=CC=C1.O=C1CCCCCC1. The van der Waals surface area contributed by atoms with Gasteiger partial charge >= 0.3 is 0 Å². The van der Waals surface area contributed by atoms with Crippen LogP contribution in [0.25, 0.3) is 0 Å². The van der Waals surface area contributed by atoms with E-state index in [1.165, 1.54) is 12.8 Å². The van der Waals surface area contributed by atoms with Crippen LogP contribution in [0.3, 0.4) is 0 Å². The van der Waals surface area contributed by atoms with E-state index in [1.807, 2.05) is 42.8 Å². The van der Waals surface area contributed by atoms with Gasteiger partial charge < -0.3 is 4.90 Å². The Labute approximate surface area is 110 Å². The quantitative estimate of drug-likeness (QED) is 0.541. The van der Waals surface area contributed by atoms with Crippen molar-refractivity contribution in [1.29, 1.82) is 0 Å². The Morgan fingerprint density at radius 1 is 1.00 bits per heavy atom. The van der Waals surface area contributed by atoms with Gasteiger partial charge in [0, 0.05) is 31.8 Å². The van der Waals surface area contributed by atoms with Gasteiger partial charge in [0.25, 0.3) is 0 Å². The predicted molar refractivity (Wildman–Crippen MR) is 77.0 cm³/mol. The number of allylic oxidation sites excluding steroid dienone is 4. The van der Waals surface area contributed by atoms with Crippen LogP contribution in [-0.4, -0.2) is 17.2 Å². The summed E-state index contributed by atoms with van der Waals surface area (Å²) in [5, 5.41) is 0. The Balaban J connectivity index is 0.000000184. The molecule has 0 radical (unpaired) electrons. The van der Waals surface area contributed by atoms with Gasteiger partial charge in [0.15, 0.2) is 0 Å². The molecule has 1 aliphatic heterocycles. The molecule has 2 heteroatoms. The maximum atomic E-state index is 10.7. The molecule has 2 aliphatic rings. The number of Topliss-reactive ketones (excluding diaryl/α,β-unsaturated/α-hetero) is 1. The summed E-state index contributed by atoms with van der Waals surface area (Å²) in [5.41, 5.74) is 0. The maximum absolute atomic E-state index is 10.7. The van der Waals surface area contributed by atoms with Crippen molar-refractivity contribution in [2.24, 2.45) is 0 Å². The predicted octanol–water partition coefficient (Wildman–Crippen LogP) is 3.98. The fourth-order valence-electron chi connectivity index (χ4n) is 1.89. The topological polar surface area (TPSA) is 20.3 Å². The lowest BCUT2D eigenvalue weighted by Gasteiger charge is -2.09. The first-order chi connectivity index (χ1) is 8.83. The third kappa shape index (κ3) is 6.89. The fraction of sp³-hybridized carbons (Fsp3) is 0.438. The van der Waals surface area contributed by atoms with Crippen molar-refractivity contribution in [3.8, 4) is 0 Å². The lowest BCUT2D eigenvalue weighted by Crippen LogP contribution is -2.07. The van der Waals surface area contributed by atoms with Gasteiger partial charge in [0.05, 0.1) is 0 Å². The molecule has 0 aromatic heterocycles. The van der Waals surface area contributed by atoms with Crippen LogP contribution >= 0.6 is 0 Å². The lowest BCUT2D eigenvalue weighted by molar-refractivity contribution is -0.118. The zero-order chi connectivity index (χ0) is 13.1. The van der Waals surface area contributed by atoms with E-state index in [9.17, 15) is 4.79 Å². The van der Waals surface area contributed by atoms with Gasteiger partial charge in [0.2, 0.25) is 0 Å². The minimum Gasteiger partial charge on any atom is -0.351 e. The summed E-state index contributed by atoms with van der Waals surface area (Å²) in [4.78, 5) is 12.7. The minimum atomic E-state index is 0.475. The molecule has 2 rings (SSSR count). The van der Waals surface area contributed by atoms with Gasteiger partial charge in [-0.2, -0.15) is 0 Å². The number of rotatable bonds is 2. The molecule has 0 spiro atoms. The molecular formula is C16H23NO. The van der Waals surface area contributed by atoms with E-state index in [0.717, 1.165) is 32.2 Å². The highest BCUT2D eigenvalue weighted by atomic mass is 16.1. The number of nitrogens with zero attached hydrogens (tertiary/aromatic N) is 1. The first-order valence-electron chi connectivity index (χ1n) is 6.73. The highest BCUT2D eigenvalue weighted by Gasteiger charge is 2.04. The van der Waals surface area contributed by atoms with Crippen molar-refractivity contribution < 1.29 is 4.79 Å². The molecule has 0 aromatic carbocycles. The van der Waals surface area contributed by atoms with Crippen molar-refractivity contribution in [3.05, 3.63) is 49.4 Å².